The van der Waals surface area contributed by atoms with Crippen molar-refractivity contribution in [1.29, 1.82) is 0 Å². The molecule has 3 aromatic rings. The molecule has 0 saturated heterocycles. The van der Waals surface area contributed by atoms with Gasteiger partial charge in [0, 0.05) is 6.04 Å². The van der Waals surface area contributed by atoms with Crippen LogP contribution in [0.15, 0.2) is 52.9 Å². The lowest BCUT2D eigenvalue weighted by Crippen LogP contribution is -2.27. The summed E-state index contributed by atoms with van der Waals surface area (Å²) in [5.74, 6) is -0.494. The minimum absolute atomic E-state index is 0.0125. The van der Waals surface area contributed by atoms with Crippen molar-refractivity contribution in [2.45, 2.75) is 43.5 Å². The van der Waals surface area contributed by atoms with Gasteiger partial charge in [0.05, 0.1) is 10.6 Å². The van der Waals surface area contributed by atoms with Gasteiger partial charge in [-0.3, -0.25) is 10.1 Å². The van der Waals surface area contributed by atoms with Crippen LogP contribution in [0, 0.1) is 0 Å². The van der Waals surface area contributed by atoms with E-state index < -0.39 is 22.0 Å². The lowest BCUT2D eigenvalue weighted by atomic mass is 9.86. The first-order chi connectivity index (χ1) is 14.5. The van der Waals surface area contributed by atoms with E-state index in [1.807, 2.05) is 24.3 Å². The zero-order chi connectivity index (χ0) is 22.8. The third-order valence-electron chi connectivity index (χ3n) is 4.58. The van der Waals surface area contributed by atoms with Crippen LogP contribution in [0.25, 0.3) is 0 Å². The van der Waals surface area contributed by atoms with Crippen molar-refractivity contribution in [1.82, 2.24) is 14.9 Å². The number of anilines is 1. The molecule has 2 aromatic carbocycles. The fraction of sp³-hybridized carbons (Fsp3) is 0.286. The van der Waals surface area contributed by atoms with E-state index >= 15 is 0 Å². The maximum Gasteiger partial charge on any atom is 0.270 e. The molecule has 1 heterocycles. The molecular weight excluding hydrogens is 456 g/mol. The van der Waals surface area contributed by atoms with Gasteiger partial charge in [-0.1, -0.05) is 80.1 Å². The molecule has 0 spiro atoms. The molecule has 31 heavy (non-hydrogen) atoms. The highest BCUT2D eigenvalue weighted by Gasteiger charge is 2.24. The van der Waals surface area contributed by atoms with Crippen molar-refractivity contribution in [3.63, 3.8) is 0 Å². The minimum Gasteiger partial charge on any atom is -0.296 e. The molecule has 0 aliphatic rings. The Hall–Kier alpha value is -2.33. The highest BCUT2D eigenvalue weighted by molar-refractivity contribution is 7.91. The second kappa shape index (κ2) is 9.04. The van der Waals surface area contributed by atoms with E-state index in [-0.39, 0.29) is 25.5 Å². The van der Waals surface area contributed by atoms with E-state index in [1.165, 1.54) is 0 Å². The second-order valence-electron chi connectivity index (χ2n) is 8.02. The molecule has 0 aliphatic carbocycles. The average Bonchev–Trinajstić information content (AvgIpc) is 3.17. The lowest BCUT2D eigenvalue weighted by molar-refractivity contribution is 0.102. The summed E-state index contributed by atoms with van der Waals surface area (Å²) >= 11 is 6.78. The Morgan fingerprint density at radius 1 is 1.06 bits per heavy atom. The van der Waals surface area contributed by atoms with E-state index in [1.54, 1.807) is 31.2 Å². The summed E-state index contributed by atoms with van der Waals surface area (Å²) in [5.41, 5.74) is 2.26. The number of nitrogens with zero attached hydrogens (tertiary/aromatic N) is 2. The van der Waals surface area contributed by atoms with Gasteiger partial charge in [-0.2, -0.15) is 0 Å². The molecule has 7 nitrogen and oxygen atoms in total. The number of aromatic nitrogens is 2. The summed E-state index contributed by atoms with van der Waals surface area (Å²) in [6.07, 6.45) is 0. The summed E-state index contributed by atoms with van der Waals surface area (Å²) in [6, 6.07) is 13.9. The average molecular weight is 479 g/mol. The molecule has 1 amide bonds. The minimum atomic E-state index is -3.92. The van der Waals surface area contributed by atoms with Crippen LogP contribution in [-0.4, -0.2) is 24.5 Å². The van der Waals surface area contributed by atoms with E-state index in [2.05, 4.69) is 41.0 Å². The van der Waals surface area contributed by atoms with Crippen LogP contribution in [0.3, 0.4) is 0 Å². The quantitative estimate of drug-likeness (QED) is 0.496. The molecule has 1 atom stereocenters. The van der Waals surface area contributed by atoms with Gasteiger partial charge in [-0.25, -0.2) is 13.1 Å². The molecule has 3 rings (SSSR count). The lowest BCUT2D eigenvalue weighted by Gasteiger charge is -2.20. The van der Waals surface area contributed by atoms with Gasteiger partial charge in [0.15, 0.2) is 0 Å². The third kappa shape index (κ3) is 5.68. The number of hydrogen-bond acceptors (Lipinski definition) is 6. The van der Waals surface area contributed by atoms with E-state index in [0.29, 0.717) is 0 Å². The number of hydrogen-bond donors (Lipinski definition) is 2. The van der Waals surface area contributed by atoms with Gasteiger partial charge < -0.3 is 0 Å². The summed E-state index contributed by atoms with van der Waals surface area (Å²) in [4.78, 5) is 12.3. The number of benzene rings is 2. The van der Waals surface area contributed by atoms with Crippen LogP contribution in [0.2, 0.25) is 5.02 Å². The molecule has 0 radical (unpaired) electrons. The Labute approximate surface area is 190 Å². The van der Waals surface area contributed by atoms with Gasteiger partial charge in [0.25, 0.3) is 15.9 Å². The molecule has 1 aromatic heterocycles. The number of rotatable bonds is 6. The van der Waals surface area contributed by atoms with Crippen molar-refractivity contribution >= 4 is 44.0 Å². The summed E-state index contributed by atoms with van der Waals surface area (Å²) in [7, 11) is -3.92. The van der Waals surface area contributed by atoms with E-state index in [0.717, 1.165) is 22.5 Å². The number of halogens is 1. The van der Waals surface area contributed by atoms with Crippen LogP contribution in [0.1, 0.15) is 55.2 Å². The first-order valence-corrected chi connectivity index (χ1v) is 12.2. The highest BCUT2D eigenvalue weighted by atomic mass is 35.5. The maximum atomic E-state index is 12.7. The Morgan fingerprint density at radius 2 is 1.71 bits per heavy atom. The monoisotopic (exact) mass is 478 g/mol. The molecule has 2 N–H and O–H groups in total. The predicted octanol–water partition coefficient (Wildman–Crippen LogP) is 4.78. The zero-order valence-electron chi connectivity index (χ0n) is 17.5. The van der Waals surface area contributed by atoms with Crippen LogP contribution in [0.5, 0.6) is 0 Å². The number of amides is 1. The Morgan fingerprint density at radius 3 is 2.32 bits per heavy atom. The summed E-state index contributed by atoms with van der Waals surface area (Å²) in [5, 5.41) is 10.4. The standard InChI is InChI=1S/C21H23ClN4O3S2/c1-13(14-9-11-15(12-10-14)21(2,3)4)26-31(28,29)20-25-24-19(30-20)23-18(27)16-7-5-6-8-17(16)22/h5-13,26H,1-4H3,(H,23,24,27)/t13-/m0/s1. The normalized spacial score (nSPS) is 13.1. The van der Waals surface area contributed by atoms with Gasteiger partial charge in [-0.15, -0.1) is 10.2 Å². The Bertz CT molecular complexity index is 1190. The fourth-order valence-electron chi connectivity index (χ4n) is 2.80. The molecule has 164 valence electrons. The Kier molecular flexibility index (Phi) is 6.80. The summed E-state index contributed by atoms with van der Waals surface area (Å²) < 4.78 is 27.8. The third-order valence-corrected chi connectivity index (χ3v) is 7.66. The van der Waals surface area contributed by atoms with Crippen molar-refractivity contribution in [3.8, 4) is 0 Å². The second-order valence-corrected chi connectivity index (χ2v) is 11.3. The number of carbonyl (C=O) groups is 1. The first-order valence-electron chi connectivity index (χ1n) is 9.49. The van der Waals surface area contributed by atoms with Gasteiger partial charge in [0.2, 0.25) is 9.47 Å². The first kappa shape index (κ1) is 23.3. The molecule has 0 unspecified atom stereocenters. The largest absolute Gasteiger partial charge is 0.296 e. The number of sulfonamides is 1. The molecule has 10 heteroatoms. The number of carbonyl (C=O) groups excluding carboxylic acids is 1. The van der Waals surface area contributed by atoms with Crippen LogP contribution < -0.4 is 10.0 Å². The highest BCUT2D eigenvalue weighted by Crippen LogP contribution is 2.26. The number of nitrogens with one attached hydrogen (secondary N) is 2. The van der Waals surface area contributed by atoms with E-state index in [4.69, 9.17) is 11.6 Å². The van der Waals surface area contributed by atoms with Crippen molar-refractivity contribution in [2.75, 3.05) is 5.32 Å². The van der Waals surface area contributed by atoms with Gasteiger partial charge >= 0.3 is 0 Å². The molecule has 0 fully saturated rings. The summed E-state index contributed by atoms with van der Waals surface area (Å²) in [6.45, 7) is 8.11. The van der Waals surface area contributed by atoms with Crippen molar-refractivity contribution in [3.05, 3.63) is 70.2 Å². The topological polar surface area (TPSA) is 101 Å². The maximum absolute atomic E-state index is 12.7. The van der Waals surface area contributed by atoms with Crippen LogP contribution in [0.4, 0.5) is 5.13 Å². The molecule has 0 saturated carbocycles. The smallest absolute Gasteiger partial charge is 0.270 e. The fourth-order valence-corrected chi connectivity index (χ4v) is 5.17. The predicted molar refractivity (Wildman–Crippen MR) is 123 cm³/mol. The molecule has 0 aliphatic heterocycles. The van der Waals surface area contributed by atoms with Crippen LogP contribution in [-0.2, 0) is 15.4 Å². The van der Waals surface area contributed by atoms with Crippen molar-refractivity contribution < 1.29 is 13.2 Å². The van der Waals surface area contributed by atoms with Crippen LogP contribution >= 0.6 is 22.9 Å². The van der Waals surface area contributed by atoms with Crippen molar-refractivity contribution in [2.24, 2.45) is 0 Å². The molecule has 0 bridgehead atoms. The van der Waals surface area contributed by atoms with Gasteiger partial charge in [0.1, 0.15) is 0 Å². The van der Waals surface area contributed by atoms with Gasteiger partial charge in [-0.05, 0) is 35.6 Å². The van der Waals surface area contributed by atoms with E-state index in [9.17, 15) is 13.2 Å². The Balaban J connectivity index is 1.70. The molecular formula is C21H23ClN4O3S2. The zero-order valence-corrected chi connectivity index (χ0v) is 19.9. The SMILES string of the molecule is C[C@H](NS(=O)(=O)c1nnc(NC(=O)c2ccccc2Cl)s1)c1ccc(C(C)(C)C)cc1.